The molecule has 0 spiro atoms. The van der Waals surface area contributed by atoms with Crippen LogP contribution in [0.1, 0.15) is 82.6 Å². The maximum atomic E-state index is 2.32. The molecule has 0 amide bonds. The van der Waals surface area contributed by atoms with E-state index < -0.39 is 0 Å². The summed E-state index contributed by atoms with van der Waals surface area (Å²) in [5.41, 5.74) is 4.77. The molecule has 0 aromatic heterocycles. The normalized spacial score (nSPS) is 14.6. The number of allylic oxidation sites excluding steroid dienone is 6. The fraction of sp³-hybridized carbons (Fsp3) is 0.727. The zero-order chi connectivity index (χ0) is 17.9. The second-order valence-corrected chi connectivity index (χ2v) is 7.39. The minimum absolute atomic E-state index is 0.619. The standard InChI is InChI=1S/C16H26.C4H10.C2H6/c1-11(2)14-9-7-8-10-15(12(3)4)16(14)13(5)6;1-4(2)3;1-2/h7-9,11-13H,10H2,1-6H3;4H,1-3H3;1-2H3. The molecular weight excluding hydrogens is 264 g/mol. The van der Waals surface area contributed by atoms with Crippen LogP contribution in [-0.2, 0) is 0 Å². The lowest BCUT2D eigenvalue weighted by atomic mass is 9.81. The molecule has 130 valence electrons. The first-order valence-electron chi connectivity index (χ1n) is 9.28. The first-order chi connectivity index (χ1) is 10.2. The van der Waals surface area contributed by atoms with Crippen LogP contribution >= 0.6 is 0 Å². The van der Waals surface area contributed by atoms with Gasteiger partial charge in [0.25, 0.3) is 0 Å². The van der Waals surface area contributed by atoms with Crippen molar-refractivity contribution in [3.8, 4) is 0 Å². The number of rotatable bonds is 3. The highest BCUT2D eigenvalue weighted by molar-refractivity contribution is 5.43. The van der Waals surface area contributed by atoms with Gasteiger partial charge in [-0.05, 0) is 41.2 Å². The van der Waals surface area contributed by atoms with Gasteiger partial charge in [0.2, 0.25) is 0 Å². The van der Waals surface area contributed by atoms with Crippen molar-refractivity contribution < 1.29 is 0 Å². The zero-order valence-corrected chi connectivity index (χ0v) is 17.2. The molecule has 22 heavy (non-hydrogen) atoms. The summed E-state index contributed by atoms with van der Waals surface area (Å²) in [4.78, 5) is 0. The average molecular weight is 307 g/mol. The quantitative estimate of drug-likeness (QED) is 0.498. The molecule has 0 aliphatic heterocycles. The minimum Gasteiger partial charge on any atom is -0.0804 e. The van der Waals surface area contributed by atoms with Crippen LogP contribution in [0, 0.1) is 23.7 Å². The summed E-state index contributed by atoms with van der Waals surface area (Å²) in [6.45, 7) is 24.4. The van der Waals surface area contributed by atoms with Gasteiger partial charge < -0.3 is 0 Å². The monoisotopic (exact) mass is 306 g/mol. The van der Waals surface area contributed by atoms with Gasteiger partial charge >= 0.3 is 0 Å². The zero-order valence-electron chi connectivity index (χ0n) is 17.2. The molecule has 0 N–H and O–H groups in total. The van der Waals surface area contributed by atoms with E-state index in [1.165, 1.54) is 5.57 Å². The van der Waals surface area contributed by atoms with E-state index in [0.717, 1.165) is 12.3 Å². The van der Waals surface area contributed by atoms with Gasteiger partial charge in [-0.1, -0.05) is 100.0 Å². The third kappa shape index (κ3) is 9.28. The Morgan fingerprint density at radius 2 is 1.18 bits per heavy atom. The summed E-state index contributed by atoms with van der Waals surface area (Å²) in [7, 11) is 0. The molecule has 0 radical (unpaired) electrons. The first kappa shape index (κ1) is 23.5. The van der Waals surface area contributed by atoms with Gasteiger partial charge in [-0.2, -0.15) is 0 Å². The van der Waals surface area contributed by atoms with Crippen LogP contribution in [0.5, 0.6) is 0 Å². The largest absolute Gasteiger partial charge is 0.0804 e. The molecular formula is C22H42. The summed E-state index contributed by atoms with van der Waals surface area (Å²) in [6.07, 6.45) is 7.97. The lowest BCUT2D eigenvalue weighted by molar-refractivity contribution is 0.652. The molecule has 0 bridgehead atoms. The van der Waals surface area contributed by atoms with E-state index in [1.54, 1.807) is 11.1 Å². The van der Waals surface area contributed by atoms with Crippen LogP contribution in [0.2, 0.25) is 0 Å². The second kappa shape index (κ2) is 12.7. The average Bonchev–Trinajstić information content (AvgIpc) is 2.62. The fourth-order valence-corrected chi connectivity index (χ4v) is 2.51. The van der Waals surface area contributed by atoms with Crippen molar-refractivity contribution in [2.75, 3.05) is 0 Å². The Bertz CT molecular complexity index is 357. The van der Waals surface area contributed by atoms with Crippen molar-refractivity contribution in [1.29, 1.82) is 0 Å². The Morgan fingerprint density at radius 1 is 0.727 bits per heavy atom. The summed E-state index contributed by atoms with van der Waals surface area (Å²) in [5, 5.41) is 0. The molecule has 1 aliphatic carbocycles. The smallest absolute Gasteiger partial charge is 0.0127 e. The van der Waals surface area contributed by atoms with Gasteiger partial charge in [0.1, 0.15) is 0 Å². The molecule has 0 atom stereocenters. The molecule has 0 fully saturated rings. The summed E-state index contributed by atoms with van der Waals surface area (Å²) in [5.74, 6) is 2.74. The molecule has 0 heteroatoms. The van der Waals surface area contributed by atoms with Crippen molar-refractivity contribution in [1.82, 2.24) is 0 Å². The van der Waals surface area contributed by atoms with Crippen LogP contribution < -0.4 is 0 Å². The van der Waals surface area contributed by atoms with Crippen molar-refractivity contribution in [3.05, 3.63) is 34.9 Å². The molecule has 0 unspecified atom stereocenters. The SMILES string of the molecule is CC.CC(C)C.CC(C)C1=CC=CCC(C(C)C)=C1C(C)C. The third-order valence-electron chi connectivity index (χ3n) is 3.30. The molecule has 1 aliphatic rings. The topological polar surface area (TPSA) is 0 Å². The minimum atomic E-state index is 0.619. The summed E-state index contributed by atoms with van der Waals surface area (Å²) in [6, 6.07) is 0. The second-order valence-electron chi connectivity index (χ2n) is 7.39. The lowest BCUT2D eigenvalue weighted by Gasteiger charge is -2.24. The Morgan fingerprint density at radius 3 is 1.50 bits per heavy atom. The maximum absolute atomic E-state index is 2.32. The van der Waals surface area contributed by atoms with E-state index in [0.29, 0.717) is 17.8 Å². The Hall–Kier alpha value is -0.780. The molecule has 0 aromatic rings. The Labute approximate surface area is 141 Å². The van der Waals surface area contributed by atoms with E-state index in [-0.39, 0.29) is 0 Å². The van der Waals surface area contributed by atoms with Crippen molar-refractivity contribution >= 4 is 0 Å². The van der Waals surface area contributed by atoms with Gasteiger partial charge in [-0.25, -0.2) is 0 Å². The molecule has 0 saturated heterocycles. The molecule has 0 nitrogen and oxygen atoms in total. The van der Waals surface area contributed by atoms with E-state index >= 15 is 0 Å². The molecule has 1 rings (SSSR count). The summed E-state index contributed by atoms with van der Waals surface area (Å²) < 4.78 is 0. The van der Waals surface area contributed by atoms with E-state index in [9.17, 15) is 0 Å². The fourth-order valence-electron chi connectivity index (χ4n) is 2.51. The van der Waals surface area contributed by atoms with Crippen molar-refractivity contribution in [2.24, 2.45) is 23.7 Å². The summed E-state index contributed by atoms with van der Waals surface area (Å²) >= 11 is 0. The van der Waals surface area contributed by atoms with E-state index in [4.69, 9.17) is 0 Å². The van der Waals surface area contributed by atoms with Crippen molar-refractivity contribution in [3.63, 3.8) is 0 Å². The van der Waals surface area contributed by atoms with Crippen LogP contribution in [0.3, 0.4) is 0 Å². The van der Waals surface area contributed by atoms with Crippen LogP contribution in [0.15, 0.2) is 34.9 Å². The van der Waals surface area contributed by atoms with Crippen LogP contribution in [0.25, 0.3) is 0 Å². The molecule has 0 saturated carbocycles. The van der Waals surface area contributed by atoms with Gasteiger partial charge in [-0.15, -0.1) is 0 Å². The molecule has 0 heterocycles. The number of hydrogen-bond acceptors (Lipinski definition) is 0. The Balaban J connectivity index is 0. The predicted molar refractivity (Wildman–Crippen MR) is 105 cm³/mol. The van der Waals surface area contributed by atoms with Gasteiger partial charge in [0.05, 0.1) is 0 Å². The molecule has 0 aromatic carbocycles. The maximum Gasteiger partial charge on any atom is -0.0127 e. The highest BCUT2D eigenvalue weighted by Gasteiger charge is 2.19. The van der Waals surface area contributed by atoms with Gasteiger partial charge in [-0.3, -0.25) is 0 Å². The highest BCUT2D eigenvalue weighted by Crippen LogP contribution is 2.35. The van der Waals surface area contributed by atoms with Gasteiger partial charge in [0, 0.05) is 0 Å². The van der Waals surface area contributed by atoms with Crippen LogP contribution in [0.4, 0.5) is 0 Å². The lowest BCUT2D eigenvalue weighted by Crippen LogP contribution is -2.10. The van der Waals surface area contributed by atoms with Gasteiger partial charge in [0.15, 0.2) is 0 Å². The highest BCUT2D eigenvalue weighted by atomic mass is 14.2. The number of hydrogen-bond donors (Lipinski definition) is 0. The van der Waals surface area contributed by atoms with Crippen LogP contribution in [-0.4, -0.2) is 0 Å². The van der Waals surface area contributed by atoms with Crippen molar-refractivity contribution in [2.45, 2.75) is 82.6 Å². The van der Waals surface area contributed by atoms with E-state index in [2.05, 4.69) is 80.5 Å². The predicted octanol–water partition coefficient (Wildman–Crippen LogP) is 7.83. The Kier molecular flexibility index (Phi) is 13.6. The van der Waals surface area contributed by atoms with E-state index in [1.807, 2.05) is 13.8 Å². The first-order valence-corrected chi connectivity index (χ1v) is 9.28. The third-order valence-corrected chi connectivity index (χ3v) is 3.30.